The van der Waals surface area contributed by atoms with Crippen molar-refractivity contribution in [3.63, 3.8) is 0 Å². The van der Waals surface area contributed by atoms with Crippen LogP contribution in [0.15, 0.2) is 54.9 Å². The van der Waals surface area contributed by atoms with Gasteiger partial charge in [0.05, 0.1) is 5.56 Å². The van der Waals surface area contributed by atoms with Crippen LogP contribution < -0.4 is 10.6 Å². The Bertz CT molecular complexity index is 1720. The molecule has 7 rings (SSSR count). The molecule has 1 heterocycles. The van der Waals surface area contributed by atoms with Gasteiger partial charge < -0.3 is 20.3 Å². The van der Waals surface area contributed by atoms with Gasteiger partial charge in [-0.3, -0.25) is 0 Å². The average Bonchev–Trinajstić information content (AvgIpc) is 3.66. The van der Waals surface area contributed by atoms with E-state index in [-0.39, 0.29) is 33.2 Å². The van der Waals surface area contributed by atoms with Gasteiger partial charge in [-0.1, -0.05) is 65.0 Å². The molecule has 0 aliphatic heterocycles. The number of carboxylic acids is 1. The first-order valence-corrected chi connectivity index (χ1v) is 19.8. The van der Waals surface area contributed by atoms with Gasteiger partial charge in [0.2, 0.25) is 0 Å². The van der Waals surface area contributed by atoms with E-state index in [4.69, 9.17) is 0 Å². The number of urea groups is 1. The lowest BCUT2D eigenvalue weighted by Crippen LogP contribution is -2.68. The molecule has 9 atom stereocenters. The van der Waals surface area contributed by atoms with Crippen LogP contribution in [-0.2, 0) is 6.54 Å². The number of allylic oxidation sites excluding steroid dienone is 3. The standard InChI is InChI=1S/C44H62N4O3/c1-28(2)32-16-21-44(47-39(51)46-24-9-26-48-27-25-45-29(48)3)23-22-42(7)34(37(32)44)14-15-36-41(6)19-17-33(30-10-12-31(13-11-30)38(49)50)40(4,5)35(41)18-20-43(36,42)8/h10-13,17,25,27,32,34-37H,1,9,14-16,18-24,26H2,2-8H3,(H,49,50)(H2,46,47,51). The van der Waals surface area contributed by atoms with E-state index in [9.17, 15) is 14.7 Å². The molecule has 0 saturated heterocycles. The molecule has 3 N–H and O–H groups in total. The van der Waals surface area contributed by atoms with E-state index in [2.05, 4.69) is 74.4 Å². The minimum Gasteiger partial charge on any atom is -0.478 e. The highest BCUT2D eigenvalue weighted by molar-refractivity contribution is 5.88. The fourth-order valence-corrected chi connectivity index (χ4v) is 13.6. The van der Waals surface area contributed by atoms with E-state index in [0.717, 1.165) is 56.5 Å². The number of amides is 2. The van der Waals surface area contributed by atoms with Gasteiger partial charge in [0.15, 0.2) is 0 Å². The third-order valence-electron chi connectivity index (χ3n) is 16.2. The maximum Gasteiger partial charge on any atom is 0.335 e. The van der Waals surface area contributed by atoms with Crippen LogP contribution in [0.5, 0.6) is 0 Å². The van der Waals surface area contributed by atoms with E-state index < -0.39 is 5.97 Å². The van der Waals surface area contributed by atoms with Gasteiger partial charge in [0.25, 0.3) is 0 Å². The van der Waals surface area contributed by atoms with E-state index in [0.29, 0.717) is 41.7 Å². The molecule has 1 aromatic heterocycles. The van der Waals surface area contributed by atoms with Crippen LogP contribution >= 0.6 is 0 Å². The smallest absolute Gasteiger partial charge is 0.335 e. The molecular formula is C44H62N4O3. The number of rotatable bonds is 8. The van der Waals surface area contributed by atoms with Crippen molar-refractivity contribution in [1.29, 1.82) is 0 Å². The molecule has 4 saturated carbocycles. The van der Waals surface area contributed by atoms with Crippen molar-refractivity contribution in [1.82, 2.24) is 20.2 Å². The van der Waals surface area contributed by atoms with E-state index in [1.807, 2.05) is 31.5 Å². The Morgan fingerprint density at radius 2 is 1.71 bits per heavy atom. The van der Waals surface area contributed by atoms with Crippen LogP contribution in [0.1, 0.15) is 127 Å². The van der Waals surface area contributed by atoms with Crippen molar-refractivity contribution in [3.05, 3.63) is 71.8 Å². The molecule has 7 heteroatoms. The Morgan fingerprint density at radius 3 is 2.37 bits per heavy atom. The van der Waals surface area contributed by atoms with E-state index in [1.165, 1.54) is 36.8 Å². The van der Waals surface area contributed by atoms with Gasteiger partial charge in [-0.15, -0.1) is 0 Å². The molecule has 7 nitrogen and oxygen atoms in total. The van der Waals surface area contributed by atoms with Gasteiger partial charge in [-0.2, -0.15) is 0 Å². The second kappa shape index (κ2) is 12.7. The number of nitrogens with one attached hydrogen (secondary N) is 2. The molecule has 5 aliphatic rings. The highest BCUT2D eigenvalue weighted by Crippen LogP contribution is 2.76. The Labute approximate surface area is 306 Å². The SMILES string of the molecule is C=C(C)C1CCC2(NC(=O)NCCCn3ccnc3C)CCC3(C)C(CCC4C5(C)CC=C(c6ccc(C(=O)O)cc6)C(C)(C)C5CCC43C)C12. The molecule has 4 fully saturated rings. The maximum atomic E-state index is 13.6. The summed E-state index contributed by atoms with van der Waals surface area (Å²) in [6.07, 6.45) is 17.6. The van der Waals surface area contributed by atoms with Gasteiger partial charge in [-0.05, 0) is 153 Å². The molecule has 0 radical (unpaired) electrons. The zero-order valence-electron chi connectivity index (χ0n) is 32.3. The van der Waals surface area contributed by atoms with Crippen LogP contribution in [0.2, 0.25) is 0 Å². The number of carbonyl (C=O) groups is 2. The molecule has 51 heavy (non-hydrogen) atoms. The van der Waals surface area contributed by atoms with Crippen molar-refractivity contribution in [2.24, 2.45) is 51.2 Å². The summed E-state index contributed by atoms with van der Waals surface area (Å²) in [4.78, 5) is 29.5. The van der Waals surface area contributed by atoms with E-state index in [1.54, 1.807) is 12.1 Å². The summed E-state index contributed by atoms with van der Waals surface area (Å²) in [7, 11) is 0. The van der Waals surface area contributed by atoms with Crippen molar-refractivity contribution in [3.8, 4) is 0 Å². The summed E-state index contributed by atoms with van der Waals surface area (Å²) in [6.45, 7) is 23.1. The minimum atomic E-state index is -0.875. The second-order valence-electron chi connectivity index (χ2n) is 18.7. The summed E-state index contributed by atoms with van der Waals surface area (Å²) < 4.78 is 2.14. The van der Waals surface area contributed by atoms with Crippen molar-refractivity contribution < 1.29 is 14.7 Å². The average molecular weight is 695 g/mol. The summed E-state index contributed by atoms with van der Waals surface area (Å²) >= 11 is 0. The Kier molecular flexibility index (Phi) is 8.94. The largest absolute Gasteiger partial charge is 0.478 e. The first-order chi connectivity index (χ1) is 24.1. The molecule has 0 bridgehead atoms. The zero-order valence-corrected chi connectivity index (χ0v) is 32.3. The van der Waals surface area contributed by atoms with Gasteiger partial charge in [0, 0.05) is 31.0 Å². The fourth-order valence-electron chi connectivity index (χ4n) is 13.6. The first-order valence-electron chi connectivity index (χ1n) is 19.8. The Hall–Kier alpha value is -3.35. The highest BCUT2D eigenvalue weighted by Gasteiger charge is 2.70. The second-order valence-corrected chi connectivity index (χ2v) is 18.7. The number of hydrogen-bond donors (Lipinski definition) is 3. The number of aromatic carboxylic acids is 1. The third-order valence-corrected chi connectivity index (χ3v) is 16.2. The van der Waals surface area contributed by atoms with Crippen LogP contribution in [0.4, 0.5) is 4.79 Å². The third kappa shape index (κ3) is 5.53. The minimum absolute atomic E-state index is 0.00846. The summed E-state index contributed by atoms with van der Waals surface area (Å²) in [6, 6.07) is 7.54. The Morgan fingerprint density at radius 1 is 0.961 bits per heavy atom. The normalized spacial score (nSPS) is 37.9. The topological polar surface area (TPSA) is 96.3 Å². The predicted octanol–water partition coefficient (Wildman–Crippen LogP) is 9.68. The predicted molar refractivity (Wildman–Crippen MR) is 204 cm³/mol. The van der Waals surface area contributed by atoms with Crippen molar-refractivity contribution >= 4 is 17.6 Å². The highest BCUT2D eigenvalue weighted by atomic mass is 16.4. The number of benzene rings is 1. The van der Waals surface area contributed by atoms with E-state index >= 15 is 0 Å². The lowest BCUT2D eigenvalue weighted by molar-refractivity contribution is -0.218. The van der Waals surface area contributed by atoms with Crippen LogP contribution in [0.3, 0.4) is 0 Å². The molecule has 0 spiro atoms. The maximum absolute atomic E-state index is 13.6. The summed E-state index contributed by atoms with van der Waals surface area (Å²) in [5.74, 6) is 2.73. The van der Waals surface area contributed by atoms with Gasteiger partial charge >= 0.3 is 12.0 Å². The number of carbonyl (C=O) groups excluding carboxylic acids is 1. The first kappa shape index (κ1) is 36.0. The quantitative estimate of drug-likeness (QED) is 0.189. The molecular weight excluding hydrogens is 633 g/mol. The summed E-state index contributed by atoms with van der Waals surface area (Å²) in [5.41, 5.74) is 4.59. The molecule has 1 aromatic carbocycles. The number of aromatic nitrogens is 2. The molecule has 2 amide bonds. The lowest BCUT2D eigenvalue weighted by atomic mass is 9.33. The monoisotopic (exact) mass is 694 g/mol. The molecule has 2 aromatic rings. The fraction of sp³-hybridized carbons (Fsp3) is 0.659. The number of aryl methyl sites for hydroxylation is 2. The number of hydrogen-bond acceptors (Lipinski definition) is 3. The van der Waals surface area contributed by atoms with Crippen LogP contribution in [-0.4, -0.2) is 38.7 Å². The lowest BCUT2D eigenvalue weighted by Gasteiger charge is -2.72. The van der Waals surface area contributed by atoms with Gasteiger partial charge in [0.1, 0.15) is 5.82 Å². The van der Waals surface area contributed by atoms with Crippen LogP contribution in [0, 0.1) is 58.2 Å². The van der Waals surface area contributed by atoms with Crippen molar-refractivity contribution in [2.45, 2.75) is 125 Å². The number of carboxylic acid groups (broad SMARTS) is 1. The molecule has 9 unspecified atom stereocenters. The molecule has 5 aliphatic carbocycles. The zero-order chi connectivity index (χ0) is 36.6. The number of nitrogens with zero attached hydrogens (tertiary/aromatic N) is 2. The van der Waals surface area contributed by atoms with Crippen molar-refractivity contribution in [2.75, 3.05) is 6.54 Å². The molecule has 276 valence electrons. The summed E-state index contributed by atoms with van der Waals surface area (Å²) in [5, 5.41) is 16.4. The number of fused-ring (bicyclic) bond motifs is 7. The number of imidazole rings is 1. The Balaban J connectivity index is 1.12. The van der Waals surface area contributed by atoms with Crippen LogP contribution in [0.25, 0.3) is 5.57 Å². The van der Waals surface area contributed by atoms with Gasteiger partial charge in [-0.25, -0.2) is 14.6 Å².